The molecule has 1 unspecified atom stereocenters. The van der Waals surface area contributed by atoms with E-state index in [9.17, 15) is 4.79 Å². The molecule has 4 nitrogen and oxygen atoms in total. The van der Waals surface area contributed by atoms with Crippen molar-refractivity contribution in [2.75, 3.05) is 27.2 Å². The minimum Gasteiger partial charge on any atom is -0.341 e. The van der Waals surface area contributed by atoms with Gasteiger partial charge in [0, 0.05) is 25.5 Å². The van der Waals surface area contributed by atoms with E-state index in [1.807, 2.05) is 36.0 Å². The first kappa shape index (κ1) is 15.6. The number of likely N-dealkylation sites (N-methyl/N-ethyl adjacent to an activating group) is 1. The first-order valence-corrected chi connectivity index (χ1v) is 6.96. The summed E-state index contributed by atoms with van der Waals surface area (Å²) < 4.78 is 0. The summed E-state index contributed by atoms with van der Waals surface area (Å²) in [5, 5.41) is 0. The molecule has 0 fully saturated rings. The Morgan fingerprint density at radius 1 is 1.26 bits per heavy atom. The Morgan fingerprint density at radius 2 is 1.89 bits per heavy atom. The van der Waals surface area contributed by atoms with Crippen LogP contribution in [-0.2, 0) is 4.79 Å². The maximum Gasteiger partial charge on any atom is 0.244 e. The monoisotopic (exact) mass is 263 g/mol. The maximum absolute atomic E-state index is 12.7. The topological polar surface area (TPSA) is 36.4 Å². The highest BCUT2D eigenvalue weighted by molar-refractivity contribution is 5.83. The van der Waals surface area contributed by atoms with Gasteiger partial charge in [0.25, 0.3) is 0 Å². The molecule has 0 spiro atoms. The van der Waals surface area contributed by atoms with Crippen molar-refractivity contribution in [2.24, 2.45) is 0 Å². The van der Waals surface area contributed by atoms with E-state index < -0.39 is 0 Å². The predicted octanol–water partition coefficient (Wildman–Crippen LogP) is 2.33. The third-order valence-corrected chi connectivity index (χ3v) is 3.05. The van der Waals surface area contributed by atoms with Crippen molar-refractivity contribution in [3.8, 4) is 0 Å². The maximum atomic E-state index is 12.7. The second kappa shape index (κ2) is 7.89. The van der Waals surface area contributed by atoms with Crippen molar-refractivity contribution >= 4 is 5.91 Å². The molecule has 106 valence electrons. The van der Waals surface area contributed by atoms with Crippen LogP contribution in [-0.4, -0.2) is 47.9 Å². The quantitative estimate of drug-likeness (QED) is 0.757. The molecule has 0 aromatic carbocycles. The molecule has 0 radical (unpaired) electrons. The van der Waals surface area contributed by atoms with Crippen molar-refractivity contribution in [3.05, 3.63) is 30.1 Å². The van der Waals surface area contributed by atoms with Gasteiger partial charge in [0.2, 0.25) is 5.91 Å². The molecule has 0 saturated carbocycles. The van der Waals surface area contributed by atoms with Crippen LogP contribution in [0, 0.1) is 0 Å². The molecule has 1 heterocycles. The van der Waals surface area contributed by atoms with Crippen molar-refractivity contribution in [2.45, 2.75) is 32.7 Å². The number of amides is 1. The Kier molecular flexibility index (Phi) is 6.50. The van der Waals surface area contributed by atoms with E-state index >= 15 is 0 Å². The van der Waals surface area contributed by atoms with Crippen LogP contribution in [0.2, 0.25) is 0 Å². The van der Waals surface area contributed by atoms with E-state index in [0.717, 1.165) is 31.5 Å². The molecule has 1 rings (SSSR count). The lowest BCUT2D eigenvalue weighted by molar-refractivity contribution is -0.136. The number of carbonyl (C=O) groups excluding carboxylic acids is 1. The highest BCUT2D eigenvalue weighted by atomic mass is 16.2. The largest absolute Gasteiger partial charge is 0.341 e. The minimum atomic E-state index is -0.244. The van der Waals surface area contributed by atoms with E-state index in [1.165, 1.54) is 0 Å². The first-order valence-electron chi connectivity index (χ1n) is 6.96. The Hall–Kier alpha value is -1.42. The summed E-state index contributed by atoms with van der Waals surface area (Å²) in [6, 6.07) is 3.60. The number of carbonyl (C=O) groups is 1. The standard InChI is InChI=1S/C15H25N3O/c1-5-10-18(11-6-2)15(19)14(17(3)4)13-8-7-9-16-12-13/h7-9,12,14H,5-6,10-11H2,1-4H3. The molecule has 0 bridgehead atoms. The Labute approximate surface area is 116 Å². The van der Waals surface area contributed by atoms with E-state index in [-0.39, 0.29) is 11.9 Å². The molecular formula is C15H25N3O. The molecule has 0 aliphatic carbocycles. The summed E-state index contributed by atoms with van der Waals surface area (Å²) in [6.07, 6.45) is 5.48. The van der Waals surface area contributed by atoms with Gasteiger partial charge in [0.1, 0.15) is 6.04 Å². The van der Waals surface area contributed by atoms with Crippen LogP contribution in [0.4, 0.5) is 0 Å². The fraction of sp³-hybridized carbons (Fsp3) is 0.600. The van der Waals surface area contributed by atoms with Gasteiger partial charge in [0.05, 0.1) is 0 Å². The fourth-order valence-electron chi connectivity index (χ4n) is 2.24. The lowest BCUT2D eigenvalue weighted by atomic mass is 10.1. The van der Waals surface area contributed by atoms with Gasteiger partial charge in [-0.1, -0.05) is 19.9 Å². The average molecular weight is 263 g/mol. The van der Waals surface area contributed by atoms with Gasteiger partial charge in [0.15, 0.2) is 0 Å². The molecule has 0 aliphatic heterocycles. The summed E-state index contributed by atoms with van der Waals surface area (Å²) in [4.78, 5) is 20.8. The van der Waals surface area contributed by atoms with Crippen LogP contribution >= 0.6 is 0 Å². The second-order valence-electron chi connectivity index (χ2n) is 4.98. The van der Waals surface area contributed by atoms with Crippen molar-refractivity contribution < 1.29 is 4.79 Å². The van der Waals surface area contributed by atoms with Gasteiger partial charge in [-0.15, -0.1) is 0 Å². The number of hydrogen-bond acceptors (Lipinski definition) is 3. The molecule has 4 heteroatoms. The lowest BCUT2D eigenvalue weighted by Crippen LogP contribution is -2.41. The van der Waals surface area contributed by atoms with Crippen molar-refractivity contribution in [1.82, 2.24) is 14.8 Å². The van der Waals surface area contributed by atoms with Gasteiger partial charge < -0.3 is 4.90 Å². The van der Waals surface area contributed by atoms with Crippen LogP contribution in [0.25, 0.3) is 0 Å². The molecular weight excluding hydrogens is 238 g/mol. The molecule has 1 aromatic heterocycles. The molecule has 0 saturated heterocycles. The predicted molar refractivity (Wildman–Crippen MR) is 77.8 cm³/mol. The van der Waals surface area contributed by atoms with Gasteiger partial charge in [-0.05, 0) is 38.6 Å². The Balaban J connectivity index is 2.95. The van der Waals surface area contributed by atoms with Gasteiger partial charge in [-0.25, -0.2) is 0 Å². The van der Waals surface area contributed by atoms with Crippen LogP contribution in [0.5, 0.6) is 0 Å². The summed E-state index contributed by atoms with van der Waals surface area (Å²) in [7, 11) is 3.87. The molecule has 1 aromatic rings. The van der Waals surface area contributed by atoms with E-state index in [0.29, 0.717) is 0 Å². The van der Waals surface area contributed by atoms with Gasteiger partial charge in [-0.3, -0.25) is 14.7 Å². The molecule has 1 amide bonds. The zero-order valence-electron chi connectivity index (χ0n) is 12.5. The highest BCUT2D eigenvalue weighted by Crippen LogP contribution is 2.20. The molecule has 0 N–H and O–H groups in total. The van der Waals surface area contributed by atoms with Crippen LogP contribution in [0.1, 0.15) is 38.3 Å². The highest BCUT2D eigenvalue weighted by Gasteiger charge is 2.27. The number of rotatable bonds is 7. The van der Waals surface area contributed by atoms with Crippen LogP contribution in [0.3, 0.4) is 0 Å². The second-order valence-corrected chi connectivity index (χ2v) is 4.98. The Bertz CT molecular complexity index is 372. The Morgan fingerprint density at radius 3 is 2.32 bits per heavy atom. The number of hydrogen-bond donors (Lipinski definition) is 0. The van der Waals surface area contributed by atoms with Crippen molar-refractivity contribution in [1.29, 1.82) is 0 Å². The van der Waals surface area contributed by atoms with Crippen LogP contribution < -0.4 is 0 Å². The zero-order valence-corrected chi connectivity index (χ0v) is 12.5. The third kappa shape index (κ3) is 4.31. The molecule has 19 heavy (non-hydrogen) atoms. The summed E-state index contributed by atoms with van der Waals surface area (Å²) in [5.41, 5.74) is 0.953. The zero-order chi connectivity index (χ0) is 14.3. The van der Waals surface area contributed by atoms with E-state index in [1.54, 1.807) is 12.4 Å². The average Bonchev–Trinajstić information content (AvgIpc) is 2.39. The van der Waals surface area contributed by atoms with Gasteiger partial charge in [-0.2, -0.15) is 0 Å². The molecule has 1 atom stereocenters. The molecule has 0 aliphatic rings. The fourth-order valence-corrected chi connectivity index (χ4v) is 2.24. The smallest absolute Gasteiger partial charge is 0.244 e. The minimum absolute atomic E-state index is 0.168. The number of aromatic nitrogens is 1. The SMILES string of the molecule is CCCN(CCC)C(=O)C(c1cccnc1)N(C)C. The lowest BCUT2D eigenvalue weighted by Gasteiger charge is -2.30. The normalized spacial score (nSPS) is 12.5. The number of nitrogens with zero attached hydrogens (tertiary/aromatic N) is 3. The third-order valence-electron chi connectivity index (χ3n) is 3.05. The van der Waals surface area contributed by atoms with Crippen molar-refractivity contribution in [3.63, 3.8) is 0 Å². The summed E-state index contributed by atoms with van der Waals surface area (Å²) in [5.74, 6) is 0.168. The summed E-state index contributed by atoms with van der Waals surface area (Å²) >= 11 is 0. The van der Waals surface area contributed by atoms with Crippen LogP contribution in [0.15, 0.2) is 24.5 Å². The van der Waals surface area contributed by atoms with E-state index in [2.05, 4.69) is 18.8 Å². The number of pyridine rings is 1. The summed E-state index contributed by atoms with van der Waals surface area (Å²) in [6.45, 7) is 5.84. The van der Waals surface area contributed by atoms with Gasteiger partial charge >= 0.3 is 0 Å². The first-order chi connectivity index (χ1) is 9.11. The van der Waals surface area contributed by atoms with E-state index in [4.69, 9.17) is 0 Å².